The molecule has 214 valence electrons. The first-order valence-corrected chi connectivity index (χ1v) is 13.7. The van der Waals surface area contributed by atoms with Gasteiger partial charge in [-0.2, -0.15) is 0 Å². The highest BCUT2D eigenvalue weighted by molar-refractivity contribution is 5.90. The van der Waals surface area contributed by atoms with Gasteiger partial charge in [-0.25, -0.2) is 9.59 Å². The highest BCUT2D eigenvalue weighted by Gasteiger charge is 2.46. The Balaban J connectivity index is 1.53. The predicted molar refractivity (Wildman–Crippen MR) is 159 cm³/mol. The number of carboxylic acid groups (broad SMARTS) is 1. The van der Waals surface area contributed by atoms with Crippen LogP contribution in [0.15, 0.2) is 97.1 Å². The molecule has 0 heterocycles. The smallest absolute Gasteiger partial charge is 0.331 e. The van der Waals surface area contributed by atoms with Crippen molar-refractivity contribution in [2.45, 2.75) is 19.3 Å². The van der Waals surface area contributed by atoms with Crippen molar-refractivity contribution in [3.8, 4) is 22.6 Å². The molecule has 0 fully saturated rings. The van der Waals surface area contributed by atoms with E-state index in [0.717, 1.165) is 40.2 Å². The van der Waals surface area contributed by atoms with Gasteiger partial charge >= 0.3 is 11.9 Å². The maximum atomic E-state index is 11.6. The van der Waals surface area contributed by atoms with Gasteiger partial charge in [0.2, 0.25) is 0 Å². The van der Waals surface area contributed by atoms with E-state index in [4.69, 9.17) is 19.3 Å². The normalized spacial score (nSPS) is 12.9. The molecule has 0 aliphatic heterocycles. The molecule has 0 saturated carbocycles. The minimum Gasteiger partial charge on any atom is -0.491 e. The van der Waals surface area contributed by atoms with Crippen LogP contribution >= 0.6 is 0 Å². The van der Waals surface area contributed by atoms with E-state index in [-0.39, 0.29) is 26.4 Å². The third-order valence-electron chi connectivity index (χ3n) is 7.46. The Morgan fingerprint density at radius 2 is 1.24 bits per heavy atom. The molecular formula is C35H32O7. The van der Waals surface area contributed by atoms with Crippen LogP contribution in [-0.4, -0.2) is 48.6 Å². The van der Waals surface area contributed by atoms with Gasteiger partial charge in [-0.15, -0.1) is 0 Å². The monoisotopic (exact) mass is 564 g/mol. The lowest BCUT2D eigenvalue weighted by atomic mass is 9.67. The maximum absolute atomic E-state index is 11.6. The quantitative estimate of drug-likeness (QED) is 0.122. The van der Waals surface area contributed by atoms with Crippen molar-refractivity contribution in [2.75, 3.05) is 26.4 Å². The Morgan fingerprint density at radius 1 is 0.714 bits per heavy atom. The number of carbonyl (C=O) groups excluding carboxylic acids is 1. The van der Waals surface area contributed by atoms with Crippen molar-refractivity contribution in [2.24, 2.45) is 0 Å². The summed E-state index contributed by atoms with van der Waals surface area (Å²) < 4.78 is 16.7. The second-order valence-corrected chi connectivity index (χ2v) is 10.1. The maximum Gasteiger partial charge on any atom is 0.331 e. The van der Waals surface area contributed by atoms with Crippen molar-refractivity contribution in [3.05, 3.63) is 130 Å². The Labute approximate surface area is 244 Å². The van der Waals surface area contributed by atoms with Crippen LogP contribution in [0, 0.1) is 13.8 Å². The average molecular weight is 565 g/mol. The summed E-state index contributed by atoms with van der Waals surface area (Å²) in [6.07, 6.45) is 1.60. The van der Waals surface area contributed by atoms with Gasteiger partial charge in [0.25, 0.3) is 0 Å². The van der Waals surface area contributed by atoms with Crippen LogP contribution in [0.25, 0.3) is 11.1 Å². The van der Waals surface area contributed by atoms with Gasteiger partial charge in [0.15, 0.2) is 0 Å². The van der Waals surface area contributed by atoms with Gasteiger partial charge in [-0.05, 0) is 70.5 Å². The lowest BCUT2D eigenvalue weighted by Gasteiger charge is -2.34. The lowest BCUT2D eigenvalue weighted by molar-refractivity contribution is -0.139. The summed E-state index contributed by atoms with van der Waals surface area (Å²) >= 11 is 0. The van der Waals surface area contributed by atoms with Crippen LogP contribution in [0.5, 0.6) is 11.5 Å². The summed E-state index contributed by atoms with van der Waals surface area (Å²) in [5, 5.41) is 17.9. The number of esters is 1. The summed E-state index contributed by atoms with van der Waals surface area (Å²) in [4.78, 5) is 22.2. The van der Waals surface area contributed by atoms with Gasteiger partial charge < -0.3 is 24.4 Å². The fourth-order valence-electron chi connectivity index (χ4n) is 5.75. The molecule has 0 amide bonds. The van der Waals surface area contributed by atoms with Crippen molar-refractivity contribution in [1.29, 1.82) is 0 Å². The second-order valence-electron chi connectivity index (χ2n) is 10.1. The zero-order chi connectivity index (χ0) is 29.7. The van der Waals surface area contributed by atoms with E-state index in [0.29, 0.717) is 5.75 Å². The van der Waals surface area contributed by atoms with Crippen LogP contribution < -0.4 is 9.47 Å². The standard InChI is InChI=1S/C35H32O7/c1-23-21-25(11-13-31(23)40-18-17-36)35(29-9-5-3-7-27(29)28-8-4-6-10-30(28)35)26-12-14-32(24(2)22-26)41-19-20-42-34(39)16-15-33(37)38/h3-16,21-22,36H,17-20H2,1-2H3,(H,37,38)/b16-15+. The number of carbonyl (C=O) groups is 2. The van der Waals surface area contributed by atoms with Crippen LogP contribution in [0.2, 0.25) is 0 Å². The fraction of sp³-hybridized carbons (Fsp3) is 0.200. The first-order chi connectivity index (χ1) is 20.4. The molecule has 4 aromatic carbocycles. The summed E-state index contributed by atoms with van der Waals surface area (Å²) in [6.45, 7) is 4.29. The number of rotatable bonds is 11. The Kier molecular flexibility index (Phi) is 8.41. The lowest BCUT2D eigenvalue weighted by Crippen LogP contribution is -2.29. The molecule has 2 N–H and O–H groups in total. The number of aryl methyl sites for hydroxylation is 2. The topological polar surface area (TPSA) is 102 Å². The molecular weight excluding hydrogens is 532 g/mol. The molecule has 0 radical (unpaired) electrons. The highest BCUT2D eigenvalue weighted by Crippen LogP contribution is 2.56. The fourth-order valence-corrected chi connectivity index (χ4v) is 5.75. The molecule has 7 heteroatoms. The van der Waals surface area contributed by atoms with Crippen LogP contribution in [0.3, 0.4) is 0 Å². The SMILES string of the molecule is Cc1cc(C2(c3ccc(OCCOC(=O)/C=C/C(=O)O)c(C)c3)c3ccccc3-c3ccccc32)ccc1OCCO. The zero-order valence-corrected chi connectivity index (χ0v) is 23.5. The van der Waals surface area contributed by atoms with E-state index in [9.17, 15) is 14.7 Å². The van der Waals surface area contributed by atoms with Crippen LogP contribution in [-0.2, 0) is 19.7 Å². The van der Waals surface area contributed by atoms with Crippen molar-refractivity contribution < 1.29 is 34.0 Å². The van der Waals surface area contributed by atoms with E-state index in [1.165, 1.54) is 22.3 Å². The minimum absolute atomic E-state index is 0.0152. The zero-order valence-electron chi connectivity index (χ0n) is 23.5. The molecule has 42 heavy (non-hydrogen) atoms. The number of carboxylic acids is 1. The Hall–Kier alpha value is -4.88. The number of hydrogen-bond donors (Lipinski definition) is 2. The molecule has 4 aromatic rings. The van der Waals surface area contributed by atoms with Gasteiger partial charge in [-0.3, -0.25) is 0 Å². The van der Waals surface area contributed by atoms with Gasteiger partial charge in [0, 0.05) is 12.2 Å². The summed E-state index contributed by atoms with van der Waals surface area (Å²) in [5.74, 6) is -0.557. The predicted octanol–water partition coefficient (Wildman–Crippen LogP) is 5.60. The number of hydrogen-bond acceptors (Lipinski definition) is 6. The first kappa shape index (κ1) is 28.6. The van der Waals surface area contributed by atoms with Crippen molar-refractivity contribution in [3.63, 3.8) is 0 Å². The Bertz CT molecular complexity index is 1610. The summed E-state index contributed by atoms with van der Waals surface area (Å²) in [6, 6.07) is 29.4. The van der Waals surface area contributed by atoms with E-state index in [2.05, 4.69) is 72.8 Å². The number of fused-ring (bicyclic) bond motifs is 3. The summed E-state index contributed by atoms with van der Waals surface area (Å²) in [7, 11) is 0. The molecule has 1 aliphatic carbocycles. The molecule has 1 aliphatic rings. The molecule has 0 unspecified atom stereocenters. The largest absolute Gasteiger partial charge is 0.491 e. The molecule has 0 spiro atoms. The third kappa shape index (κ3) is 5.39. The second kappa shape index (κ2) is 12.3. The van der Waals surface area contributed by atoms with Crippen LogP contribution in [0.1, 0.15) is 33.4 Å². The number of ether oxygens (including phenoxy) is 3. The molecule has 5 rings (SSSR count). The number of aliphatic hydroxyl groups is 1. The highest BCUT2D eigenvalue weighted by atomic mass is 16.6. The molecule has 7 nitrogen and oxygen atoms in total. The van der Waals surface area contributed by atoms with Gasteiger partial charge in [0.05, 0.1) is 12.0 Å². The first-order valence-electron chi connectivity index (χ1n) is 13.7. The van der Waals surface area contributed by atoms with Gasteiger partial charge in [-0.1, -0.05) is 72.8 Å². The van der Waals surface area contributed by atoms with Crippen molar-refractivity contribution in [1.82, 2.24) is 0 Å². The number of aliphatic carboxylic acids is 1. The van der Waals surface area contributed by atoms with E-state index >= 15 is 0 Å². The number of benzene rings is 4. The minimum atomic E-state index is -1.22. The van der Waals surface area contributed by atoms with E-state index in [1.807, 2.05) is 26.0 Å². The number of aliphatic hydroxyl groups excluding tert-OH is 1. The molecule has 0 aromatic heterocycles. The average Bonchev–Trinajstić information content (AvgIpc) is 3.29. The van der Waals surface area contributed by atoms with E-state index in [1.54, 1.807) is 0 Å². The molecule has 0 atom stereocenters. The molecule has 0 bridgehead atoms. The van der Waals surface area contributed by atoms with E-state index < -0.39 is 17.4 Å². The van der Waals surface area contributed by atoms with Crippen LogP contribution in [0.4, 0.5) is 0 Å². The van der Waals surface area contributed by atoms with Crippen molar-refractivity contribution >= 4 is 11.9 Å². The summed E-state index contributed by atoms with van der Waals surface area (Å²) in [5.41, 5.74) is 8.22. The molecule has 0 saturated heterocycles. The third-order valence-corrected chi connectivity index (χ3v) is 7.46. The van der Waals surface area contributed by atoms with Gasteiger partial charge in [0.1, 0.15) is 31.3 Å². The Morgan fingerprint density at radius 3 is 1.74 bits per heavy atom.